The Labute approximate surface area is 430 Å². The Morgan fingerprint density at radius 1 is 0.230 bits per heavy atom. The zero-order valence-electron chi connectivity index (χ0n) is 40.6. The van der Waals surface area contributed by atoms with E-state index in [1.54, 1.807) is 0 Å². The summed E-state index contributed by atoms with van der Waals surface area (Å²) in [6.07, 6.45) is 0. The molecule has 0 atom stereocenters. The first-order valence-electron chi connectivity index (χ1n) is 25.5. The minimum atomic E-state index is 1.08. The third kappa shape index (κ3) is 7.60. The molecule has 0 saturated heterocycles. The second kappa shape index (κ2) is 18.1. The highest BCUT2D eigenvalue weighted by Crippen LogP contribution is 2.44. The molecule has 0 fully saturated rings. The predicted octanol–water partition coefficient (Wildman–Crippen LogP) is 20.0. The number of hydrogen-bond acceptors (Lipinski definition) is 1. The van der Waals surface area contributed by atoms with Crippen molar-refractivity contribution < 1.29 is 0 Å². The Balaban J connectivity index is 0.861. The molecule has 0 spiro atoms. The highest BCUT2D eigenvalue weighted by molar-refractivity contribution is 6.19. The van der Waals surface area contributed by atoms with Crippen LogP contribution in [0.5, 0.6) is 0 Å². The van der Waals surface area contributed by atoms with Crippen LogP contribution in [0.2, 0.25) is 0 Å². The molecule has 0 amide bonds. The molecule has 0 unspecified atom stereocenters. The maximum Gasteiger partial charge on any atom is 0.0547 e. The summed E-state index contributed by atoms with van der Waals surface area (Å²) in [6.45, 7) is 0. The topological polar surface area (TPSA) is 8.17 Å². The van der Waals surface area contributed by atoms with E-state index >= 15 is 0 Å². The van der Waals surface area contributed by atoms with Crippen molar-refractivity contribution in [3.8, 4) is 61.3 Å². The summed E-state index contributed by atoms with van der Waals surface area (Å²) in [7, 11) is 0. The summed E-state index contributed by atoms with van der Waals surface area (Å²) in [5, 5.41) is 9.98. The van der Waals surface area contributed by atoms with Gasteiger partial charge in [-0.15, -0.1) is 0 Å². The Morgan fingerprint density at radius 2 is 0.662 bits per heavy atom. The van der Waals surface area contributed by atoms with Crippen LogP contribution < -0.4 is 4.90 Å². The van der Waals surface area contributed by atoms with Gasteiger partial charge in [-0.3, -0.25) is 0 Å². The van der Waals surface area contributed by atoms with E-state index in [0.717, 1.165) is 28.3 Å². The molecule has 14 rings (SSSR count). The molecule has 2 heteroatoms. The Bertz CT molecular complexity index is 4200. The van der Waals surface area contributed by atoms with E-state index in [1.165, 1.54) is 104 Å². The summed E-state index contributed by atoms with van der Waals surface area (Å²) in [6, 6.07) is 106. The zero-order chi connectivity index (χ0) is 49.0. The van der Waals surface area contributed by atoms with Crippen LogP contribution in [0.15, 0.2) is 291 Å². The van der Waals surface area contributed by atoms with Gasteiger partial charge in [0.2, 0.25) is 0 Å². The summed E-state index contributed by atoms with van der Waals surface area (Å²) >= 11 is 0. The summed E-state index contributed by atoms with van der Waals surface area (Å²) in [4.78, 5) is 2.39. The highest BCUT2D eigenvalue weighted by atomic mass is 15.1. The van der Waals surface area contributed by atoms with E-state index in [4.69, 9.17) is 0 Å². The lowest BCUT2D eigenvalue weighted by molar-refractivity contribution is 1.18. The smallest absolute Gasteiger partial charge is 0.0547 e. The van der Waals surface area contributed by atoms with Crippen molar-refractivity contribution in [3.63, 3.8) is 0 Å². The van der Waals surface area contributed by atoms with Crippen LogP contribution in [0.25, 0.3) is 115 Å². The van der Waals surface area contributed by atoms with Crippen LogP contribution in [0, 0.1) is 0 Å². The second-order valence-electron chi connectivity index (χ2n) is 19.3. The molecule has 0 aliphatic rings. The number of hydrogen-bond donors (Lipinski definition) is 0. The largest absolute Gasteiger partial charge is 0.310 e. The molecule has 0 N–H and O–H groups in total. The van der Waals surface area contributed by atoms with Gasteiger partial charge < -0.3 is 9.47 Å². The van der Waals surface area contributed by atoms with E-state index in [0.29, 0.717) is 0 Å². The molecule has 0 saturated carbocycles. The third-order valence-electron chi connectivity index (χ3n) is 15.0. The normalized spacial score (nSPS) is 11.5. The van der Waals surface area contributed by atoms with Crippen LogP contribution in [0.4, 0.5) is 17.1 Å². The molecule has 0 bridgehead atoms. The summed E-state index contributed by atoms with van der Waals surface area (Å²) in [5.74, 6) is 0. The van der Waals surface area contributed by atoms with Gasteiger partial charge in [0.15, 0.2) is 0 Å². The van der Waals surface area contributed by atoms with E-state index in [-0.39, 0.29) is 0 Å². The van der Waals surface area contributed by atoms with Gasteiger partial charge in [-0.2, -0.15) is 0 Å². The van der Waals surface area contributed by atoms with Gasteiger partial charge in [0.25, 0.3) is 0 Å². The first-order valence-corrected chi connectivity index (χ1v) is 25.5. The summed E-state index contributed by atoms with van der Waals surface area (Å²) < 4.78 is 2.42. The van der Waals surface area contributed by atoms with Gasteiger partial charge in [0.1, 0.15) is 0 Å². The molecular formula is C72H48N2. The van der Waals surface area contributed by atoms with Gasteiger partial charge in [0, 0.05) is 33.5 Å². The van der Waals surface area contributed by atoms with Gasteiger partial charge in [-0.05, 0) is 155 Å². The fourth-order valence-electron chi connectivity index (χ4n) is 11.4. The number of aromatic nitrogens is 1. The van der Waals surface area contributed by atoms with Crippen LogP contribution in [-0.4, -0.2) is 4.57 Å². The van der Waals surface area contributed by atoms with Gasteiger partial charge >= 0.3 is 0 Å². The van der Waals surface area contributed by atoms with Crippen molar-refractivity contribution >= 4 is 71.2 Å². The Morgan fingerprint density at radius 3 is 1.23 bits per heavy atom. The SMILES string of the molecule is c1ccc(-n2c3cc4ccccc4cc3c3c(-c4cccc(N(c5ccc(-c6ccc(-c7cccc8ccccc78)cc6)cc5)c5ccc(-c6ccc(-c7cccc8ccccc78)cc6)cc5)c4)cccc32)cc1. The maximum absolute atomic E-state index is 2.42. The highest BCUT2D eigenvalue weighted by Gasteiger charge is 2.20. The van der Waals surface area contributed by atoms with Crippen LogP contribution >= 0.6 is 0 Å². The van der Waals surface area contributed by atoms with E-state index in [1.807, 2.05) is 0 Å². The summed E-state index contributed by atoms with van der Waals surface area (Å²) in [5.41, 5.74) is 18.7. The first-order chi connectivity index (χ1) is 36.7. The van der Waals surface area contributed by atoms with Crippen molar-refractivity contribution in [3.05, 3.63) is 291 Å². The molecule has 14 aromatic rings. The van der Waals surface area contributed by atoms with Crippen molar-refractivity contribution in [1.29, 1.82) is 0 Å². The average molecular weight is 941 g/mol. The molecule has 346 valence electrons. The molecule has 74 heavy (non-hydrogen) atoms. The number of rotatable bonds is 9. The average Bonchev–Trinajstić information content (AvgIpc) is 3.82. The van der Waals surface area contributed by atoms with Crippen LogP contribution in [0.3, 0.4) is 0 Å². The monoisotopic (exact) mass is 940 g/mol. The second-order valence-corrected chi connectivity index (χ2v) is 19.3. The van der Waals surface area contributed by atoms with E-state index in [9.17, 15) is 0 Å². The predicted molar refractivity (Wildman–Crippen MR) is 315 cm³/mol. The quantitative estimate of drug-likeness (QED) is 0.140. The molecule has 1 aromatic heterocycles. The minimum absolute atomic E-state index is 1.08. The lowest BCUT2D eigenvalue weighted by Gasteiger charge is -2.26. The number of fused-ring (bicyclic) bond motifs is 6. The van der Waals surface area contributed by atoms with Gasteiger partial charge in [-0.1, -0.05) is 224 Å². The van der Waals surface area contributed by atoms with E-state index in [2.05, 4.69) is 301 Å². The van der Waals surface area contributed by atoms with Crippen molar-refractivity contribution in [2.75, 3.05) is 4.90 Å². The van der Waals surface area contributed by atoms with Gasteiger partial charge in [-0.25, -0.2) is 0 Å². The third-order valence-corrected chi connectivity index (χ3v) is 15.0. The zero-order valence-corrected chi connectivity index (χ0v) is 40.6. The fraction of sp³-hybridized carbons (Fsp3) is 0. The molecule has 0 radical (unpaired) electrons. The molecule has 2 nitrogen and oxygen atoms in total. The van der Waals surface area contributed by atoms with Crippen molar-refractivity contribution in [1.82, 2.24) is 4.57 Å². The molecular weight excluding hydrogens is 893 g/mol. The lowest BCUT2D eigenvalue weighted by Crippen LogP contribution is -2.10. The van der Waals surface area contributed by atoms with Crippen LogP contribution in [0.1, 0.15) is 0 Å². The molecule has 0 aliphatic heterocycles. The fourth-order valence-corrected chi connectivity index (χ4v) is 11.4. The Hall–Kier alpha value is -9.76. The maximum atomic E-state index is 2.42. The van der Waals surface area contributed by atoms with Gasteiger partial charge in [0.05, 0.1) is 11.0 Å². The number of benzene rings is 13. The molecule has 1 heterocycles. The van der Waals surface area contributed by atoms with E-state index < -0.39 is 0 Å². The Kier molecular flexibility index (Phi) is 10.6. The van der Waals surface area contributed by atoms with Crippen LogP contribution in [-0.2, 0) is 0 Å². The molecule has 13 aromatic carbocycles. The standard InChI is InChI=1S/C72H48N2/c1-2-21-60(22-3-1)74-70-29-13-28-68(72(70)69-47-57-16-4-5-17-58(57)48-71(69)74)59-20-10-23-63(46-59)73(61-42-38-51(39-43-61)49-30-34-55(35-31-49)66-26-11-18-53-14-6-8-24-64(53)66)62-44-40-52(41-45-62)50-32-36-56(37-33-50)67-27-12-19-54-15-7-9-25-65(54)67/h1-48H. The number of para-hydroxylation sites is 1. The molecule has 0 aliphatic carbocycles. The van der Waals surface area contributed by atoms with Crippen molar-refractivity contribution in [2.24, 2.45) is 0 Å². The minimum Gasteiger partial charge on any atom is -0.310 e. The van der Waals surface area contributed by atoms with Crippen molar-refractivity contribution in [2.45, 2.75) is 0 Å². The number of anilines is 3. The number of nitrogens with zero attached hydrogens (tertiary/aromatic N) is 2. The lowest BCUT2D eigenvalue weighted by atomic mass is 9.96. The first kappa shape index (κ1) is 43.1.